The average Bonchev–Trinajstić information content (AvgIpc) is 3.08. The highest BCUT2D eigenvalue weighted by Gasteiger charge is 2.10. The molecular formula is C19H19N5S2. The molecule has 0 fully saturated rings. The van der Waals surface area contributed by atoms with Gasteiger partial charge < -0.3 is 10.6 Å². The first kappa shape index (κ1) is 18.2. The van der Waals surface area contributed by atoms with E-state index in [1.54, 1.807) is 17.8 Å². The van der Waals surface area contributed by atoms with Gasteiger partial charge in [-0.25, -0.2) is 4.98 Å². The lowest BCUT2D eigenvalue weighted by atomic mass is 10.2. The Kier molecular flexibility index (Phi) is 6.10. The molecule has 1 unspecified atom stereocenters. The minimum Gasteiger partial charge on any atom is -0.382 e. The van der Waals surface area contributed by atoms with E-state index < -0.39 is 0 Å². The lowest BCUT2D eigenvalue weighted by molar-refractivity contribution is 0.758. The van der Waals surface area contributed by atoms with Crippen LogP contribution in [-0.2, 0) is 6.42 Å². The van der Waals surface area contributed by atoms with Crippen LogP contribution in [0.1, 0.15) is 18.3 Å². The zero-order valence-corrected chi connectivity index (χ0v) is 16.2. The highest BCUT2D eigenvalue weighted by molar-refractivity contribution is 7.98. The Morgan fingerprint density at radius 2 is 2.00 bits per heavy atom. The van der Waals surface area contributed by atoms with Crippen molar-refractivity contribution in [3.63, 3.8) is 0 Å². The van der Waals surface area contributed by atoms with Crippen LogP contribution in [0.25, 0.3) is 0 Å². The minimum atomic E-state index is 0.159. The number of nitrogens with one attached hydrogen (secondary N) is 2. The Balaban J connectivity index is 1.59. The first-order valence-electron chi connectivity index (χ1n) is 8.16. The zero-order valence-electron chi connectivity index (χ0n) is 14.6. The number of nitriles is 1. The Hall–Kier alpha value is -2.56. The fraction of sp³-hybridized carbons (Fsp3) is 0.211. The third-order valence-electron chi connectivity index (χ3n) is 3.68. The SMILES string of the molecule is CSc1cccc(Nc2nc(CC(C)Nc3cccc(C#N)c3)ns2)c1. The standard InChI is InChI=1S/C19H19N5S2/c1-13(21-15-6-3-5-14(10-15)12-20)9-18-23-19(26-24-18)22-16-7-4-8-17(11-16)25-2/h3-8,10-11,13,21H,9H2,1-2H3,(H,22,23,24). The minimum absolute atomic E-state index is 0.159. The van der Waals surface area contributed by atoms with Crippen molar-refractivity contribution in [2.24, 2.45) is 0 Å². The van der Waals surface area contributed by atoms with Crippen LogP contribution in [0.2, 0.25) is 0 Å². The van der Waals surface area contributed by atoms with Crippen molar-refractivity contribution < 1.29 is 0 Å². The number of hydrogen-bond acceptors (Lipinski definition) is 7. The van der Waals surface area contributed by atoms with Crippen LogP contribution < -0.4 is 10.6 Å². The van der Waals surface area contributed by atoms with Gasteiger partial charge in [0.1, 0.15) is 5.82 Å². The lowest BCUT2D eigenvalue weighted by Gasteiger charge is -2.13. The van der Waals surface area contributed by atoms with Crippen molar-refractivity contribution in [3.05, 3.63) is 59.9 Å². The van der Waals surface area contributed by atoms with E-state index in [2.05, 4.69) is 51.4 Å². The smallest absolute Gasteiger partial charge is 0.207 e. The van der Waals surface area contributed by atoms with Gasteiger partial charge in [0.25, 0.3) is 0 Å². The van der Waals surface area contributed by atoms with Crippen molar-refractivity contribution >= 4 is 39.8 Å². The third kappa shape index (κ3) is 4.97. The molecule has 7 heteroatoms. The maximum atomic E-state index is 8.98. The Morgan fingerprint density at radius 1 is 1.19 bits per heavy atom. The predicted molar refractivity (Wildman–Crippen MR) is 109 cm³/mol. The van der Waals surface area contributed by atoms with Crippen LogP contribution in [0.15, 0.2) is 53.4 Å². The average molecular weight is 382 g/mol. The van der Waals surface area contributed by atoms with Crippen molar-refractivity contribution in [3.8, 4) is 6.07 Å². The predicted octanol–water partition coefficient (Wildman–Crippen LogP) is 4.92. The summed E-state index contributed by atoms with van der Waals surface area (Å²) in [5.74, 6) is 0.801. The number of anilines is 3. The van der Waals surface area contributed by atoms with Crippen LogP contribution >= 0.6 is 23.3 Å². The van der Waals surface area contributed by atoms with E-state index in [1.165, 1.54) is 16.4 Å². The molecule has 1 heterocycles. The summed E-state index contributed by atoms with van der Waals surface area (Å²) < 4.78 is 4.44. The molecule has 1 aromatic heterocycles. The first-order chi connectivity index (χ1) is 12.7. The molecule has 0 amide bonds. The monoisotopic (exact) mass is 381 g/mol. The topological polar surface area (TPSA) is 73.6 Å². The molecule has 2 N–H and O–H groups in total. The van der Waals surface area contributed by atoms with E-state index in [0.29, 0.717) is 12.0 Å². The quantitative estimate of drug-likeness (QED) is 0.566. The summed E-state index contributed by atoms with van der Waals surface area (Å²) in [5.41, 5.74) is 2.59. The van der Waals surface area contributed by atoms with E-state index in [0.717, 1.165) is 22.3 Å². The normalized spacial score (nSPS) is 11.6. The van der Waals surface area contributed by atoms with E-state index in [-0.39, 0.29) is 6.04 Å². The van der Waals surface area contributed by atoms with Crippen molar-refractivity contribution in [1.82, 2.24) is 9.36 Å². The largest absolute Gasteiger partial charge is 0.382 e. The van der Waals surface area contributed by atoms with Crippen LogP contribution in [0.4, 0.5) is 16.5 Å². The van der Waals surface area contributed by atoms with Gasteiger partial charge in [0.15, 0.2) is 0 Å². The molecule has 0 saturated carbocycles. The molecule has 1 atom stereocenters. The van der Waals surface area contributed by atoms with Gasteiger partial charge in [0, 0.05) is 40.3 Å². The van der Waals surface area contributed by atoms with E-state index in [9.17, 15) is 0 Å². The molecule has 0 radical (unpaired) electrons. The van der Waals surface area contributed by atoms with E-state index >= 15 is 0 Å². The number of rotatable bonds is 7. The second-order valence-electron chi connectivity index (χ2n) is 5.81. The van der Waals surface area contributed by atoms with Crippen LogP contribution in [0, 0.1) is 11.3 Å². The lowest BCUT2D eigenvalue weighted by Crippen LogP contribution is -2.18. The molecule has 0 aliphatic rings. The highest BCUT2D eigenvalue weighted by Crippen LogP contribution is 2.23. The number of benzene rings is 2. The number of nitrogens with zero attached hydrogens (tertiary/aromatic N) is 3. The zero-order chi connectivity index (χ0) is 18.4. The maximum absolute atomic E-state index is 8.98. The maximum Gasteiger partial charge on any atom is 0.207 e. The summed E-state index contributed by atoms with van der Waals surface area (Å²) in [6.07, 6.45) is 2.77. The van der Waals surface area contributed by atoms with Gasteiger partial charge in [-0.05, 0) is 49.6 Å². The molecule has 0 saturated heterocycles. The molecule has 0 bridgehead atoms. The second kappa shape index (κ2) is 8.70. The van der Waals surface area contributed by atoms with Gasteiger partial charge in [-0.15, -0.1) is 11.8 Å². The fourth-order valence-corrected chi connectivity index (χ4v) is 3.58. The highest BCUT2D eigenvalue weighted by atomic mass is 32.2. The molecule has 0 aliphatic heterocycles. The Bertz CT molecular complexity index is 916. The molecule has 2 aromatic carbocycles. The summed E-state index contributed by atoms with van der Waals surface area (Å²) in [6.45, 7) is 2.08. The van der Waals surface area contributed by atoms with Gasteiger partial charge in [0.05, 0.1) is 11.6 Å². The summed E-state index contributed by atoms with van der Waals surface area (Å²) in [6, 6.07) is 18.0. The summed E-state index contributed by atoms with van der Waals surface area (Å²) >= 11 is 3.07. The summed E-state index contributed by atoms with van der Waals surface area (Å²) in [5, 5.41) is 16.5. The molecular weight excluding hydrogens is 362 g/mol. The second-order valence-corrected chi connectivity index (χ2v) is 7.45. The first-order valence-corrected chi connectivity index (χ1v) is 10.2. The molecule has 5 nitrogen and oxygen atoms in total. The molecule has 3 aromatic rings. The number of hydrogen-bond donors (Lipinski definition) is 2. The molecule has 0 aliphatic carbocycles. The molecule has 132 valence electrons. The number of aromatic nitrogens is 2. The van der Waals surface area contributed by atoms with Gasteiger partial charge in [-0.2, -0.15) is 9.64 Å². The Labute approximate surface area is 161 Å². The van der Waals surface area contributed by atoms with Gasteiger partial charge in [-0.1, -0.05) is 12.1 Å². The van der Waals surface area contributed by atoms with Gasteiger partial charge in [0.2, 0.25) is 5.13 Å². The van der Waals surface area contributed by atoms with Crippen LogP contribution in [0.5, 0.6) is 0 Å². The fourth-order valence-electron chi connectivity index (χ4n) is 2.50. The number of thioether (sulfide) groups is 1. The van der Waals surface area contributed by atoms with Crippen molar-refractivity contribution in [2.45, 2.75) is 24.3 Å². The van der Waals surface area contributed by atoms with Gasteiger partial charge in [-0.3, -0.25) is 0 Å². The van der Waals surface area contributed by atoms with Crippen LogP contribution in [-0.4, -0.2) is 21.7 Å². The molecule has 3 rings (SSSR count). The van der Waals surface area contributed by atoms with E-state index in [1.807, 2.05) is 30.3 Å². The van der Waals surface area contributed by atoms with Gasteiger partial charge >= 0.3 is 0 Å². The molecule has 26 heavy (non-hydrogen) atoms. The summed E-state index contributed by atoms with van der Waals surface area (Å²) in [7, 11) is 0. The third-order valence-corrected chi connectivity index (χ3v) is 5.08. The van der Waals surface area contributed by atoms with Crippen molar-refractivity contribution in [1.29, 1.82) is 5.26 Å². The van der Waals surface area contributed by atoms with Crippen molar-refractivity contribution in [2.75, 3.05) is 16.9 Å². The van der Waals surface area contributed by atoms with E-state index in [4.69, 9.17) is 5.26 Å². The van der Waals surface area contributed by atoms with Crippen LogP contribution in [0.3, 0.4) is 0 Å². The Morgan fingerprint density at radius 3 is 2.81 bits per heavy atom. The summed E-state index contributed by atoms with van der Waals surface area (Å²) in [4.78, 5) is 5.78. The molecule has 0 spiro atoms.